The van der Waals surface area contributed by atoms with E-state index < -0.39 is 0 Å². The molecule has 21 heavy (non-hydrogen) atoms. The molecule has 0 spiro atoms. The van der Waals surface area contributed by atoms with Gasteiger partial charge in [0.1, 0.15) is 0 Å². The van der Waals surface area contributed by atoms with E-state index in [1.165, 1.54) is 16.0 Å². The zero-order chi connectivity index (χ0) is 15.2. The normalized spacial score (nSPS) is 10.9. The zero-order valence-corrected chi connectivity index (χ0v) is 13.7. The van der Waals surface area contributed by atoms with Gasteiger partial charge >= 0.3 is 0 Å². The Morgan fingerprint density at radius 1 is 1.29 bits per heavy atom. The molecule has 2 aromatic rings. The molecule has 1 aromatic carbocycles. The lowest BCUT2D eigenvalue weighted by molar-refractivity contribution is -0.117. The standard InChI is InChI=1S/C17H22N2OS/c1-4-14-7-5-6-8-15(14)18-17(20)12-19(3)11-16-13(2)9-10-21-16/h5-10H,4,11-12H2,1-3H3,(H,18,20). The van der Waals surface area contributed by atoms with Gasteiger partial charge in [-0.3, -0.25) is 9.69 Å². The predicted octanol–water partition coefficient (Wildman–Crippen LogP) is 3.69. The summed E-state index contributed by atoms with van der Waals surface area (Å²) in [6, 6.07) is 10.1. The van der Waals surface area contributed by atoms with Crippen LogP contribution >= 0.6 is 11.3 Å². The van der Waals surface area contributed by atoms with Crippen LogP contribution in [0.2, 0.25) is 0 Å². The van der Waals surface area contributed by atoms with Gasteiger partial charge in [-0.05, 0) is 49.0 Å². The lowest BCUT2D eigenvalue weighted by Gasteiger charge is -2.17. The molecule has 0 radical (unpaired) electrons. The minimum absolute atomic E-state index is 0.0348. The molecule has 1 heterocycles. The average Bonchev–Trinajstić information content (AvgIpc) is 2.84. The fourth-order valence-electron chi connectivity index (χ4n) is 2.25. The van der Waals surface area contributed by atoms with Crippen molar-refractivity contribution in [3.8, 4) is 0 Å². The van der Waals surface area contributed by atoms with Gasteiger partial charge in [0.05, 0.1) is 6.54 Å². The number of benzene rings is 1. The molecule has 0 saturated heterocycles. The average molecular weight is 302 g/mol. The van der Waals surface area contributed by atoms with Gasteiger partial charge in [0, 0.05) is 17.1 Å². The Hall–Kier alpha value is -1.65. The van der Waals surface area contributed by atoms with Crippen LogP contribution in [0.15, 0.2) is 35.7 Å². The molecule has 3 nitrogen and oxygen atoms in total. The van der Waals surface area contributed by atoms with E-state index in [0.29, 0.717) is 6.54 Å². The molecule has 1 amide bonds. The van der Waals surface area contributed by atoms with Crippen molar-refractivity contribution in [2.24, 2.45) is 0 Å². The van der Waals surface area contributed by atoms with E-state index in [9.17, 15) is 4.79 Å². The summed E-state index contributed by atoms with van der Waals surface area (Å²) in [5, 5.41) is 5.10. The number of carbonyl (C=O) groups is 1. The molecule has 0 aliphatic heterocycles. The molecule has 0 atom stereocenters. The van der Waals surface area contributed by atoms with E-state index >= 15 is 0 Å². The molecule has 0 bridgehead atoms. The summed E-state index contributed by atoms with van der Waals surface area (Å²) in [7, 11) is 1.98. The highest BCUT2D eigenvalue weighted by Crippen LogP contribution is 2.18. The summed E-state index contributed by atoms with van der Waals surface area (Å²) < 4.78 is 0. The number of anilines is 1. The van der Waals surface area contributed by atoms with Crippen molar-refractivity contribution >= 4 is 22.9 Å². The van der Waals surface area contributed by atoms with Gasteiger partial charge in [0.2, 0.25) is 5.91 Å². The van der Waals surface area contributed by atoms with Crippen LogP contribution in [0, 0.1) is 6.92 Å². The second kappa shape index (κ2) is 7.38. The van der Waals surface area contributed by atoms with Crippen molar-refractivity contribution in [2.45, 2.75) is 26.8 Å². The molecule has 2 rings (SSSR count). The third-order valence-corrected chi connectivity index (χ3v) is 4.48. The van der Waals surface area contributed by atoms with Crippen LogP contribution in [0.3, 0.4) is 0 Å². The van der Waals surface area contributed by atoms with Crippen LogP contribution in [0.1, 0.15) is 22.9 Å². The van der Waals surface area contributed by atoms with Gasteiger partial charge in [-0.15, -0.1) is 11.3 Å². The van der Waals surface area contributed by atoms with Crippen molar-refractivity contribution in [1.29, 1.82) is 0 Å². The summed E-state index contributed by atoms with van der Waals surface area (Å²) in [4.78, 5) is 15.5. The summed E-state index contributed by atoms with van der Waals surface area (Å²) in [6.07, 6.45) is 0.917. The molecule has 0 saturated carbocycles. The Labute approximate surface area is 130 Å². The fraction of sp³-hybridized carbons (Fsp3) is 0.353. The van der Waals surface area contributed by atoms with Gasteiger partial charge in [-0.1, -0.05) is 25.1 Å². The lowest BCUT2D eigenvalue weighted by atomic mass is 10.1. The van der Waals surface area contributed by atoms with E-state index in [1.807, 2.05) is 36.2 Å². The Morgan fingerprint density at radius 3 is 2.71 bits per heavy atom. The van der Waals surface area contributed by atoms with Gasteiger partial charge in [0.15, 0.2) is 0 Å². The van der Waals surface area contributed by atoms with Crippen LogP contribution in [-0.2, 0) is 17.8 Å². The Bertz CT molecular complexity index is 606. The van der Waals surface area contributed by atoms with Crippen molar-refractivity contribution in [1.82, 2.24) is 4.90 Å². The number of thiophene rings is 1. The lowest BCUT2D eigenvalue weighted by Crippen LogP contribution is -2.30. The van der Waals surface area contributed by atoms with E-state index in [1.54, 1.807) is 11.3 Å². The minimum Gasteiger partial charge on any atom is -0.325 e. The fourth-order valence-corrected chi connectivity index (χ4v) is 3.24. The molecule has 1 N–H and O–H groups in total. The smallest absolute Gasteiger partial charge is 0.238 e. The number of likely N-dealkylation sites (N-methyl/N-ethyl adjacent to an activating group) is 1. The largest absolute Gasteiger partial charge is 0.325 e. The maximum Gasteiger partial charge on any atom is 0.238 e. The first-order chi connectivity index (χ1) is 10.1. The highest BCUT2D eigenvalue weighted by atomic mass is 32.1. The van der Waals surface area contributed by atoms with E-state index in [0.717, 1.165) is 18.7 Å². The summed E-state index contributed by atoms with van der Waals surface area (Å²) in [6.45, 7) is 5.41. The van der Waals surface area contributed by atoms with Crippen molar-refractivity contribution in [2.75, 3.05) is 18.9 Å². The third kappa shape index (κ3) is 4.41. The van der Waals surface area contributed by atoms with Crippen LogP contribution in [0.5, 0.6) is 0 Å². The SMILES string of the molecule is CCc1ccccc1NC(=O)CN(C)Cc1sccc1C. The molecule has 4 heteroatoms. The second-order valence-electron chi connectivity index (χ2n) is 5.26. The summed E-state index contributed by atoms with van der Waals surface area (Å²) in [5.74, 6) is 0.0348. The number of para-hydroxylation sites is 1. The van der Waals surface area contributed by atoms with Crippen LogP contribution in [0.25, 0.3) is 0 Å². The Balaban J connectivity index is 1.91. The van der Waals surface area contributed by atoms with Crippen LogP contribution in [0.4, 0.5) is 5.69 Å². The number of amides is 1. The van der Waals surface area contributed by atoms with Crippen LogP contribution in [-0.4, -0.2) is 24.4 Å². The first kappa shape index (κ1) is 15.7. The summed E-state index contributed by atoms with van der Waals surface area (Å²) >= 11 is 1.74. The number of rotatable bonds is 6. The monoisotopic (exact) mass is 302 g/mol. The number of hydrogen-bond donors (Lipinski definition) is 1. The van der Waals surface area contributed by atoms with Crippen molar-refractivity contribution < 1.29 is 4.79 Å². The van der Waals surface area contributed by atoms with Gasteiger partial charge in [-0.2, -0.15) is 0 Å². The molecular formula is C17H22N2OS. The topological polar surface area (TPSA) is 32.3 Å². The first-order valence-electron chi connectivity index (χ1n) is 7.19. The number of hydrogen-bond acceptors (Lipinski definition) is 3. The molecular weight excluding hydrogens is 280 g/mol. The quantitative estimate of drug-likeness (QED) is 0.882. The number of carbonyl (C=O) groups excluding carboxylic acids is 1. The van der Waals surface area contributed by atoms with Gasteiger partial charge in [-0.25, -0.2) is 0 Å². The van der Waals surface area contributed by atoms with Crippen LogP contribution < -0.4 is 5.32 Å². The third-order valence-electron chi connectivity index (χ3n) is 3.47. The highest BCUT2D eigenvalue weighted by Gasteiger charge is 2.10. The molecule has 0 unspecified atom stereocenters. The maximum atomic E-state index is 12.2. The number of aryl methyl sites for hydroxylation is 2. The molecule has 112 valence electrons. The zero-order valence-electron chi connectivity index (χ0n) is 12.8. The van der Waals surface area contributed by atoms with E-state index in [-0.39, 0.29) is 5.91 Å². The molecule has 0 fully saturated rings. The van der Waals surface area contributed by atoms with Gasteiger partial charge in [0.25, 0.3) is 0 Å². The predicted molar refractivity (Wildman–Crippen MR) is 89.8 cm³/mol. The number of nitrogens with zero attached hydrogens (tertiary/aromatic N) is 1. The highest BCUT2D eigenvalue weighted by molar-refractivity contribution is 7.10. The molecule has 1 aromatic heterocycles. The first-order valence-corrected chi connectivity index (χ1v) is 8.07. The van der Waals surface area contributed by atoms with Crippen molar-refractivity contribution in [3.05, 3.63) is 51.7 Å². The maximum absolute atomic E-state index is 12.2. The Morgan fingerprint density at radius 2 is 2.05 bits per heavy atom. The molecule has 0 aliphatic rings. The van der Waals surface area contributed by atoms with E-state index in [4.69, 9.17) is 0 Å². The number of nitrogens with one attached hydrogen (secondary N) is 1. The Kier molecular flexibility index (Phi) is 5.53. The summed E-state index contributed by atoms with van der Waals surface area (Å²) in [5.41, 5.74) is 3.39. The minimum atomic E-state index is 0.0348. The molecule has 0 aliphatic carbocycles. The second-order valence-corrected chi connectivity index (χ2v) is 6.26. The van der Waals surface area contributed by atoms with Gasteiger partial charge < -0.3 is 5.32 Å². The van der Waals surface area contributed by atoms with E-state index in [2.05, 4.69) is 30.6 Å². The van der Waals surface area contributed by atoms with Crippen molar-refractivity contribution in [3.63, 3.8) is 0 Å².